The van der Waals surface area contributed by atoms with Gasteiger partial charge in [-0.25, -0.2) is 4.39 Å². The van der Waals surface area contributed by atoms with Gasteiger partial charge in [0.15, 0.2) is 0 Å². The maximum atomic E-state index is 12.7. The second-order valence-corrected chi connectivity index (χ2v) is 3.07. The fourth-order valence-corrected chi connectivity index (χ4v) is 1.13. The Bertz CT molecular complexity index is 365. The normalized spacial score (nSPS) is 9.08. The summed E-state index contributed by atoms with van der Waals surface area (Å²) in [4.78, 5) is 0. The van der Waals surface area contributed by atoms with E-state index in [-0.39, 0.29) is 5.82 Å². The van der Waals surface area contributed by atoms with E-state index >= 15 is 0 Å². The van der Waals surface area contributed by atoms with Gasteiger partial charge in [0.25, 0.3) is 0 Å². The van der Waals surface area contributed by atoms with E-state index in [1.165, 1.54) is 18.2 Å². The molecule has 0 fully saturated rings. The molecule has 3 heteroatoms. The maximum absolute atomic E-state index is 12.7. The minimum absolute atomic E-state index is 0.329. The summed E-state index contributed by atoms with van der Waals surface area (Å²) in [6.45, 7) is 3.51. The van der Waals surface area contributed by atoms with E-state index in [9.17, 15) is 4.39 Å². The molecule has 0 heterocycles. The van der Waals surface area contributed by atoms with Gasteiger partial charge in [0.2, 0.25) is 0 Å². The van der Waals surface area contributed by atoms with E-state index in [2.05, 4.69) is 22.5 Å². The molecule has 0 saturated carbocycles. The molecule has 1 nitrogen and oxygen atoms in total. The molecule has 1 aromatic rings. The molecule has 0 unspecified atom stereocenters. The molecule has 0 bridgehead atoms. The highest BCUT2D eigenvalue weighted by Crippen LogP contribution is 2.20. The fourth-order valence-electron chi connectivity index (χ4n) is 0.748. The van der Waals surface area contributed by atoms with Gasteiger partial charge in [-0.1, -0.05) is 12.6 Å². The predicted octanol–water partition coefficient (Wildman–Crippen LogP) is 3.12. The smallest absolute Gasteiger partial charge is 0.137 e. The first-order chi connectivity index (χ1) is 5.65. The lowest BCUT2D eigenvalue weighted by molar-refractivity contribution is 0.621. The number of hydrogen-bond donors (Lipinski definition) is 0. The van der Waals surface area contributed by atoms with E-state index in [1.54, 1.807) is 0 Å². The van der Waals surface area contributed by atoms with Crippen molar-refractivity contribution in [1.82, 2.24) is 0 Å². The Kier molecular flexibility index (Phi) is 2.61. The van der Waals surface area contributed by atoms with Crippen LogP contribution in [0.3, 0.4) is 0 Å². The maximum Gasteiger partial charge on any atom is 0.137 e. The summed E-state index contributed by atoms with van der Waals surface area (Å²) in [5.41, 5.74) is 0.960. The zero-order valence-electron chi connectivity index (χ0n) is 6.14. The first-order valence-corrected chi connectivity index (χ1v) is 3.99. The van der Waals surface area contributed by atoms with Crippen molar-refractivity contribution in [2.24, 2.45) is 0 Å². The average molecular weight is 226 g/mol. The Morgan fingerprint density at radius 2 is 2.25 bits per heavy atom. The van der Waals surface area contributed by atoms with Crippen LogP contribution in [0.15, 0.2) is 29.3 Å². The average Bonchev–Trinajstić information content (AvgIpc) is 2.08. The van der Waals surface area contributed by atoms with Gasteiger partial charge < -0.3 is 0 Å². The van der Waals surface area contributed by atoms with Gasteiger partial charge >= 0.3 is 0 Å². The van der Waals surface area contributed by atoms with Crippen LogP contribution in [-0.2, 0) is 0 Å². The standard InChI is InChI=1S/C9H5BrFN/c1-6(5-12)7-2-3-9(11)8(10)4-7/h2-4H,1H2. The van der Waals surface area contributed by atoms with E-state index in [4.69, 9.17) is 5.26 Å². The Morgan fingerprint density at radius 1 is 1.58 bits per heavy atom. The van der Waals surface area contributed by atoms with E-state index in [1.807, 2.05) is 6.07 Å². The van der Waals surface area contributed by atoms with Gasteiger partial charge in [-0.05, 0) is 33.6 Å². The lowest BCUT2D eigenvalue weighted by Gasteiger charge is -1.98. The third-order valence-corrected chi connectivity index (χ3v) is 2.01. The molecule has 1 rings (SSSR count). The van der Waals surface area contributed by atoms with Crippen LogP contribution in [0.5, 0.6) is 0 Å². The Balaban J connectivity index is 3.15. The quantitative estimate of drug-likeness (QED) is 0.675. The van der Waals surface area contributed by atoms with Gasteiger partial charge in [-0.3, -0.25) is 0 Å². The van der Waals surface area contributed by atoms with Crippen LogP contribution in [0.25, 0.3) is 5.57 Å². The van der Waals surface area contributed by atoms with Crippen LogP contribution >= 0.6 is 15.9 Å². The van der Waals surface area contributed by atoms with Crippen molar-refractivity contribution in [1.29, 1.82) is 5.26 Å². The zero-order chi connectivity index (χ0) is 9.14. The second-order valence-electron chi connectivity index (χ2n) is 2.22. The van der Waals surface area contributed by atoms with Crippen LogP contribution in [0, 0.1) is 17.1 Å². The van der Waals surface area contributed by atoms with Crippen LogP contribution in [0.4, 0.5) is 4.39 Å². The molecule has 0 aliphatic rings. The third-order valence-electron chi connectivity index (χ3n) is 1.40. The number of nitrogens with zero attached hydrogens (tertiary/aromatic N) is 1. The Hall–Kier alpha value is -1.14. The van der Waals surface area contributed by atoms with Crippen LogP contribution in [0.1, 0.15) is 5.56 Å². The molecule has 0 saturated heterocycles. The third kappa shape index (κ3) is 1.72. The summed E-state index contributed by atoms with van der Waals surface area (Å²) in [5, 5.41) is 8.49. The van der Waals surface area contributed by atoms with Gasteiger partial charge in [0.05, 0.1) is 16.1 Å². The summed E-state index contributed by atoms with van der Waals surface area (Å²) in [7, 11) is 0. The van der Waals surface area contributed by atoms with Gasteiger partial charge in [-0.15, -0.1) is 0 Å². The largest absolute Gasteiger partial charge is 0.206 e. The first kappa shape index (κ1) is 8.95. The summed E-state index contributed by atoms with van der Waals surface area (Å²) in [6.07, 6.45) is 0. The molecule has 0 aliphatic heterocycles. The Labute approximate surface area is 78.3 Å². The molecule has 0 aromatic heterocycles. The lowest BCUT2D eigenvalue weighted by atomic mass is 10.1. The number of nitriles is 1. The molecular weight excluding hydrogens is 221 g/mol. The van der Waals surface area contributed by atoms with Gasteiger partial charge in [0, 0.05) is 0 Å². The molecule has 0 N–H and O–H groups in total. The number of halogens is 2. The minimum Gasteiger partial charge on any atom is -0.206 e. The van der Waals surface area contributed by atoms with Crippen molar-refractivity contribution in [2.45, 2.75) is 0 Å². The van der Waals surface area contributed by atoms with E-state index in [0.29, 0.717) is 15.6 Å². The molecule has 0 amide bonds. The number of allylic oxidation sites excluding steroid dienone is 1. The highest BCUT2D eigenvalue weighted by Gasteiger charge is 2.01. The highest BCUT2D eigenvalue weighted by atomic mass is 79.9. The highest BCUT2D eigenvalue weighted by molar-refractivity contribution is 9.10. The van der Waals surface area contributed by atoms with Crippen molar-refractivity contribution < 1.29 is 4.39 Å². The fraction of sp³-hybridized carbons (Fsp3) is 0. The number of hydrogen-bond acceptors (Lipinski definition) is 1. The topological polar surface area (TPSA) is 23.8 Å². The SMILES string of the molecule is C=C(C#N)c1ccc(F)c(Br)c1. The lowest BCUT2D eigenvalue weighted by Crippen LogP contribution is -1.82. The monoisotopic (exact) mass is 225 g/mol. The van der Waals surface area contributed by atoms with Crippen molar-refractivity contribution in [3.8, 4) is 6.07 Å². The van der Waals surface area contributed by atoms with Gasteiger partial charge in [-0.2, -0.15) is 5.26 Å². The molecule has 0 radical (unpaired) electrons. The Morgan fingerprint density at radius 3 is 2.75 bits per heavy atom. The minimum atomic E-state index is -0.343. The van der Waals surface area contributed by atoms with Crippen molar-refractivity contribution in [2.75, 3.05) is 0 Å². The van der Waals surface area contributed by atoms with Crippen molar-refractivity contribution in [3.63, 3.8) is 0 Å². The molecule has 12 heavy (non-hydrogen) atoms. The summed E-state index contributed by atoms with van der Waals surface area (Å²) >= 11 is 3.02. The van der Waals surface area contributed by atoms with E-state index in [0.717, 1.165) is 0 Å². The molecule has 1 aromatic carbocycles. The number of rotatable bonds is 1. The molecule has 60 valence electrons. The predicted molar refractivity (Wildman–Crippen MR) is 48.7 cm³/mol. The van der Waals surface area contributed by atoms with Gasteiger partial charge in [0.1, 0.15) is 5.82 Å². The first-order valence-electron chi connectivity index (χ1n) is 3.19. The second kappa shape index (κ2) is 3.51. The summed E-state index contributed by atoms with van der Waals surface area (Å²) < 4.78 is 13.1. The van der Waals surface area contributed by atoms with Crippen molar-refractivity contribution in [3.05, 3.63) is 40.6 Å². The zero-order valence-corrected chi connectivity index (χ0v) is 7.73. The van der Waals surface area contributed by atoms with Crippen LogP contribution in [0.2, 0.25) is 0 Å². The molecule has 0 atom stereocenters. The molecule has 0 aliphatic carbocycles. The van der Waals surface area contributed by atoms with Crippen molar-refractivity contribution >= 4 is 21.5 Å². The van der Waals surface area contributed by atoms with E-state index < -0.39 is 0 Å². The van der Waals surface area contributed by atoms with Crippen LogP contribution < -0.4 is 0 Å². The summed E-state index contributed by atoms with van der Waals surface area (Å²) in [6, 6.07) is 6.23. The summed E-state index contributed by atoms with van der Waals surface area (Å²) in [5.74, 6) is -0.343. The number of benzene rings is 1. The molecular formula is C9H5BrFN. The molecule has 0 spiro atoms. The van der Waals surface area contributed by atoms with Crippen LogP contribution in [-0.4, -0.2) is 0 Å².